The van der Waals surface area contributed by atoms with E-state index in [4.69, 9.17) is 11.6 Å². The van der Waals surface area contributed by atoms with E-state index >= 15 is 0 Å². The van der Waals surface area contributed by atoms with E-state index in [2.05, 4.69) is 43.2 Å². The Labute approximate surface area is 122 Å². The second kappa shape index (κ2) is 5.66. The quantitative estimate of drug-likeness (QED) is 0.801. The predicted octanol–water partition coefficient (Wildman–Crippen LogP) is 3.66. The summed E-state index contributed by atoms with van der Waals surface area (Å²) in [7, 11) is 1.66. The fraction of sp³-hybridized carbons (Fsp3) is 0.0909. The van der Waals surface area contributed by atoms with Gasteiger partial charge in [0, 0.05) is 10.6 Å². The third kappa shape index (κ3) is 2.99. The summed E-state index contributed by atoms with van der Waals surface area (Å²) in [6.07, 6.45) is 1.10. The number of rotatable bonds is 3. The number of aromatic nitrogens is 2. The Hall–Kier alpha value is -1.15. The van der Waals surface area contributed by atoms with E-state index in [0.29, 0.717) is 16.7 Å². The maximum Gasteiger partial charge on any atom is 0.224 e. The van der Waals surface area contributed by atoms with Crippen LogP contribution in [0.25, 0.3) is 0 Å². The molecule has 4 nitrogen and oxygen atoms in total. The number of halogens is 3. The summed E-state index contributed by atoms with van der Waals surface area (Å²) in [5.74, 6) is -0.124. The fourth-order valence-corrected chi connectivity index (χ4v) is 2.20. The van der Waals surface area contributed by atoms with Crippen molar-refractivity contribution in [3.8, 4) is 0 Å². The van der Waals surface area contributed by atoms with Crippen LogP contribution in [0.3, 0.4) is 0 Å². The third-order valence-corrected chi connectivity index (χ3v) is 3.14. The minimum atomic E-state index is -0.538. The van der Waals surface area contributed by atoms with Crippen molar-refractivity contribution in [1.82, 2.24) is 9.97 Å². The molecule has 2 rings (SSSR count). The second-order valence-electron chi connectivity index (χ2n) is 3.39. The predicted molar refractivity (Wildman–Crippen MR) is 79.0 cm³/mol. The molecule has 1 heterocycles. The summed E-state index contributed by atoms with van der Waals surface area (Å²) in [5.41, 5.74) is 0.594. The van der Waals surface area contributed by atoms with Crippen molar-refractivity contribution in [1.29, 1.82) is 0 Å². The SMILES string of the molecule is CNc1ncc(F)c(Nc2ccc(I)cc2Cl)n1. The van der Waals surface area contributed by atoms with Crippen molar-refractivity contribution in [2.24, 2.45) is 0 Å². The first kappa shape index (κ1) is 13.3. The van der Waals surface area contributed by atoms with Gasteiger partial charge in [-0.1, -0.05) is 11.6 Å². The molecule has 0 atom stereocenters. The highest BCUT2D eigenvalue weighted by Gasteiger charge is 2.08. The lowest BCUT2D eigenvalue weighted by Crippen LogP contribution is -2.03. The summed E-state index contributed by atoms with van der Waals surface area (Å²) >= 11 is 8.21. The van der Waals surface area contributed by atoms with Gasteiger partial charge >= 0.3 is 0 Å². The Balaban J connectivity index is 2.33. The Morgan fingerprint density at radius 2 is 2.17 bits per heavy atom. The molecular weight excluding hydrogens is 370 g/mol. The summed E-state index contributed by atoms with van der Waals surface area (Å²) in [6.45, 7) is 0. The first-order valence-corrected chi connectivity index (χ1v) is 6.48. The molecule has 1 aromatic heterocycles. The van der Waals surface area contributed by atoms with E-state index in [0.717, 1.165) is 9.77 Å². The summed E-state index contributed by atoms with van der Waals surface area (Å²) in [4.78, 5) is 7.74. The van der Waals surface area contributed by atoms with Crippen LogP contribution >= 0.6 is 34.2 Å². The van der Waals surface area contributed by atoms with E-state index in [1.807, 2.05) is 6.07 Å². The van der Waals surface area contributed by atoms with Crippen molar-refractivity contribution < 1.29 is 4.39 Å². The van der Waals surface area contributed by atoms with Crippen LogP contribution in [0.2, 0.25) is 5.02 Å². The van der Waals surface area contributed by atoms with E-state index in [1.54, 1.807) is 19.2 Å². The van der Waals surface area contributed by atoms with Gasteiger partial charge in [0.15, 0.2) is 11.6 Å². The van der Waals surface area contributed by atoms with Gasteiger partial charge in [-0.05, 0) is 40.8 Å². The third-order valence-electron chi connectivity index (χ3n) is 2.15. The normalized spacial score (nSPS) is 10.2. The van der Waals surface area contributed by atoms with Gasteiger partial charge in [-0.3, -0.25) is 0 Å². The van der Waals surface area contributed by atoms with Gasteiger partial charge in [0.2, 0.25) is 5.95 Å². The van der Waals surface area contributed by atoms with Crippen molar-refractivity contribution in [3.63, 3.8) is 0 Å². The second-order valence-corrected chi connectivity index (χ2v) is 5.04. The highest BCUT2D eigenvalue weighted by atomic mass is 127. The smallest absolute Gasteiger partial charge is 0.224 e. The van der Waals surface area contributed by atoms with Gasteiger partial charge in [0.05, 0.1) is 16.9 Å². The highest BCUT2D eigenvalue weighted by Crippen LogP contribution is 2.27. The molecule has 2 N–H and O–H groups in total. The topological polar surface area (TPSA) is 49.8 Å². The van der Waals surface area contributed by atoms with Crippen LogP contribution in [-0.4, -0.2) is 17.0 Å². The Kier molecular flexibility index (Phi) is 4.18. The molecule has 7 heteroatoms. The van der Waals surface area contributed by atoms with Crippen molar-refractivity contribution in [2.75, 3.05) is 17.7 Å². The maximum atomic E-state index is 13.5. The van der Waals surface area contributed by atoms with Gasteiger partial charge in [-0.2, -0.15) is 4.98 Å². The molecule has 0 aliphatic heterocycles. The number of nitrogens with one attached hydrogen (secondary N) is 2. The largest absolute Gasteiger partial charge is 0.357 e. The molecule has 0 aliphatic carbocycles. The molecule has 18 heavy (non-hydrogen) atoms. The summed E-state index contributed by atoms with van der Waals surface area (Å²) < 4.78 is 14.5. The Bertz CT molecular complexity index is 579. The minimum Gasteiger partial charge on any atom is -0.357 e. The number of hydrogen-bond acceptors (Lipinski definition) is 4. The first-order valence-electron chi connectivity index (χ1n) is 5.02. The van der Waals surface area contributed by atoms with E-state index in [-0.39, 0.29) is 5.82 Å². The molecule has 2 aromatic rings. The van der Waals surface area contributed by atoms with Crippen molar-refractivity contribution >= 4 is 51.6 Å². The molecular formula is C11H9ClFIN4. The Morgan fingerprint density at radius 1 is 1.39 bits per heavy atom. The van der Waals surface area contributed by atoms with E-state index in [1.165, 1.54) is 0 Å². The molecule has 0 aliphatic rings. The number of nitrogens with zero attached hydrogens (tertiary/aromatic N) is 2. The molecule has 0 bridgehead atoms. The average molecular weight is 379 g/mol. The first-order chi connectivity index (χ1) is 8.60. The fourth-order valence-electron chi connectivity index (χ4n) is 1.29. The van der Waals surface area contributed by atoms with Crippen LogP contribution in [0.15, 0.2) is 24.4 Å². The van der Waals surface area contributed by atoms with Crippen LogP contribution < -0.4 is 10.6 Å². The van der Waals surface area contributed by atoms with Crippen molar-refractivity contribution in [2.45, 2.75) is 0 Å². The summed E-state index contributed by atoms with van der Waals surface area (Å²) in [5, 5.41) is 6.09. The van der Waals surface area contributed by atoms with Crippen LogP contribution in [-0.2, 0) is 0 Å². The van der Waals surface area contributed by atoms with Gasteiger partial charge < -0.3 is 10.6 Å². The zero-order chi connectivity index (χ0) is 13.1. The van der Waals surface area contributed by atoms with Gasteiger partial charge in [-0.25, -0.2) is 9.37 Å². The van der Waals surface area contributed by atoms with E-state index < -0.39 is 5.82 Å². The molecule has 0 saturated heterocycles. The highest BCUT2D eigenvalue weighted by molar-refractivity contribution is 14.1. The molecule has 0 amide bonds. The van der Waals surface area contributed by atoms with Crippen LogP contribution in [0.1, 0.15) is 0 Å². The van der Waals surface area contributed by atoms with Crippen LogP contribution in [0.5, 0.6) is 0 Å². The van der Waals surface area contributed by atoms with Gasteiger partial charge in [0.1, 0.15) is 0 Å². The monoisotopic (exact) mass is 378 g/mol. The Morgan fingerprint density at radius 3 is 2.83 bits per heavy atom. The molecule has 0 saturated carbocycles. The maximum absolute atomic E-state index is 13.5. The molecule has 94 valence electrons. The zero-order valence-electron chi connectivity index (χ0n) is 9.34. The lowest BCUT2D eigenvalue weighted by Gasteiger charge is -2.09. The molecule has 0 radical (unpaired) electrons. The number of anilines is 3. The molecule has 1 aromatic carbocycles. The zero-order valence-corrected chi connectivity index (χ0v) is 12.3. The molecule has 0 fully saturated rings. The minimum absolute atomic E-state index is 0.0810. The van der Waals surface area contributed by atoms with Gasteiger partial charge in [-0.15, -0.1) is 0 Å². The van der Waals surface area contributed by atoms with Crippen molar-refractivity contribution in [3.05, 3.63) is 38.8 Å². The molecule has 0 spiro atoms. The lowest BCUT2D eigenvalue weighted by atomic mass is 10.3. The number of benzene rings is 1. The number of hydrogen-bond donors (Lipinski definition) is 2. The molecule has 0 unspecified atom stereocenters. The van der Waals surface area contributed by atoms with E-state index in [9.17, 15) is 4.39 Å². The van der Waals surface area contributed by atoms with Crippen LogP contribution in [0.4, 0.5) is 21.8 Å². The average Bonchev–Trinajstić information content (AvgIpc) is 2.35. The summed E-state index contributed by atoms with van der Waals surface area (Å²) in [6, 6.07) is 5.42. The lowest BCUT2D eigenvalue weighted by molar-refractivity contribution is 0.619. The van der Waals surface area contributed by atoms with Gasteiger partial charge in [0.25, 0.3) is 0 Å². The standard InChI is InChI=1S/C11H9ClFIN4/c1-15-11-16-5-8(13)10(18-11)17-9-3-2-6(14)4-7(9)12/h2-5H,1H3,(H2,15,16,17,18). The van der Waals surface area contributed by atoms with Crippen LogP contribution in [0, 0.1) is 9.39 Å².